The highest BCUT2D eigenvalue weighted by Gasteiger charge is 2.21. The van der Waals surface area contributed by atoms with Crippen LogP contribution < -0.4 is 5.32 Å². The molecule has 2 aromatic heterocycles. The minimum absolute atomic E-state index is 0. The average molecular weight is 285 g/mol. The molecule has 1 atom stereocenters. The summed E-state index contributed by atoms with van der Waals surface area (Å²) in [5, 5.41) is 7.28. The molecule has 1 fully saturated rings. The van der Waals surface area contributed by atoms with E-state index < -0.39 is 0 Å². The quantitative estimate of drug-likeness (QED) is 0.922. The molecule has 0 aromatic carbocycles. The third kappa shape index (κ3) is 3.15. The SMILES string of the molecule is CC1CNCCN1Cc1nc(-c2ccco2)no1.Cl. The van der Waals surface area contributed by atoms with Crippen LogP contribution in [0.4, 0.5) is 0 Å². The van der Waals surface area contributed by atoms with Crippen molar-refractivity contribution in [2.75, 3.05) is 19.6 Å². The molecular formula is C12H17ClN4O2. The third-order valence-electron chi connectivity index (χ3n) is 3.19. The Morgan fingerprint density at radius 2 is 2.42 bits per heavy atom. The lowest BCUT2D eigenvalue weighted by atomic mass is 10.2. The van der Waals surface area contributed by atoms with Crippen molar-refractivity contribution in [3.05, 3.63) is 24.3 Å². The molecule has 2 aromatic rings. The molecule has 104 valence electrons. The number of nitrogens with one attached hydrogen (secondary N) is 1. The van der Waals surface area contributed by atoms with Gasteiger partial charge in [-0.1, -0.05) is 5.16 Å². The molecule has 3 heterocycles. The van der Waals surface area contributed by atoms with Gasteiger partial charge in [-0.05, 0) is 19.1 Å². The van der Waals surface area contributed by atoms with Crippen molar-refractivity contribution in [2.24, 2.45) is 0 Å². The Morgan fingerprint density at radius 3 is 3.16 bits per heavy atom. The van der Waals surface area contributed by atoms with E-state index in [1.165, 1.54) is 0 Å². The van der Waals surface area contributed by atoms with Crippen molar-refractivity contribution in [3.8, 4) is 11.6 Å². The predicted molar refractivity (Wildman–Crippen MR) is 72.0 cm³/mol. The number of furan rings is 1. The van der Waals surface area contributed by atoms with Gasteiger partial charge < -0.3 is 14.3 Å². The Balaban J connectivity index is 0.00000133. The van der Waals surface area contributed by atoms with Gasteiger partial charge in [-0.15, -0.1) is 12.4 Å². The minimum atomic E-state index is 0. The molecular weight excluding hydrogens is 268 g/mol. The lowest BCUT2D eigenvalue weighted by Gasteiger charge is -2.32. The number of hydrogen-bond acceptors (Lipinski definition) is 6. The van der Waals surface area contributed by atoms with Gasteiger partial charge in [0.25, 0.3) is 0 Å². The normalized spacial score (nSPS) is 20.2. The maximum atomic E-state index is 5.26. The molecule has 1 aliphatic heterocycles. The third-order valence-corrected chi connectivity index (χ3v) is 3.19. The molecule has 19 heavy (non-hydrogen) atoms. The van der Waals surface area contributed by atoms with E-state index in [4.69, 9.17) is 8.94 Å². The van der Waals surface area contributed by atoms with Crippen LogP contribution in [-0.2, 0) is 6.54 Å². The summed E-state index contributed by atoms with van der Waals surface area (Å²) in [5.74, 6) is 1.78. The molecule has 1 aliphatic rings. The van der Waals surface area contributed by atoms with Crippen molar-refractivity contribution in [3.63, 3.8) is 0 Å². The van der Waals surface area contributed by atoms with Crippen LogP contribution in [-0.4, -0.2) is 40.7 Å². The summed E-state index contributed by atoms with van der Waals surface area (Å²) in [6.45, 7) is 5.88. The molecule has 0 amide bonds. The zero-order valence-electron chi connectivity index (χ0n) is 10.7. The van der Waals surface area contributed by atoms with Gasteiger partial charge in [0, 0.05) is 25.7 Å². The van der Waals surface area contributed by atoms with Crippen LogP contribution >= 0.6 is 12.4 Å². The lowest BCUT2D eigenvalue weighted by molar-refractivity contribution is 0.146. The maximum Gasteiger partial charge on any atom is 0.241 e. The molecule has 0 aliphatic carbocycles. The van der Waals surface area contributed by atoms with Gasteiger partial charge in [0.05, 0.1) is 12.8 Å². The Morgan fingerprint density at radius 1 is 1.53 bits per heavy atom. The smallest absolute Gasteiger partial charge is 0.241 e. The first kappa shape index (κ1) is 14.0. The number of nitrogens with zero attached hydrogens (tertiary/aromatic N) is 3. The van der Waals surface area contributed by atoms with E-state index in [1.807, 2.05) is 12.1 Å². The summed E-state index contributed by atoms with van der Waals surface area (Å²) < 4.78 is 10.5. The Kier molecular flexibility index (Phi) is 4.57. The Hall–Kier alpha value is -1.37. The Bertz CT molecular complexity index is 500. The molecule has 1 saturated heterocycles. The first-order valence-electron chi connectivity index (χ1n) is 6.14. The average Bonchev–Trinajstić information content (AvgIpc) is 3.02. The number of aromatic nitrogens is 2. The minimum Gasteiger partial charge on any atom is -0.461 e. The molecule has 0 radical (unpaired) electrons. The van der Waals surface area contributed by atoms with Crippen LogP contribution in [0.25, 0.3) is 11.6 Å². The van der Waals surface area contributed by atoms with Crippen molar-refractivity contribution in [1.82, 2.24) is 20.4 Å². The number of halogens is 1. The molecule has 0 bridgehead atoms. The van der Waals surface area contributed by atoms with Crippen LogP contribution in [0.1, 0.15) is 12.8 Å². The summed E-state index contributed by atoms with van der Waals surface area (Å²) in [4.78, 5) is 6.68. The molecule has 7 heteroatoms. The molecule has 6 nitrogen and oxygen atoms in total. The monoisotopic (exact) mass is 284 g/mol. The van der Waals surface area contributed by atoms with Crippen molar-refractivity contribution in [2.45, 2.75) is 19.5 Å². The number of rotatable bonds is 3. The van der Waals surface area contributed by atoms with Crippen molar-refractivity contribution in [1.29, 1.82) is 0 Å². The molecule has 1 unspecified atom stereocenters. The largest absolute Gasteiger partial charge is 0.461 e. The van der Waals surface area contributed by atoms with Crippen LogP contribution in [0.15, 0.2) is 27.3 Å². The van der Waals surface area contributed by atoms with Gasteiger partial charge in [-0.3, -0.25) is 4.90 Å². The van der Waals surface area contributed by atoms with Gasteiger partial charge in [-0.2, -0.15) is 4.98 Å². The standard InChI is InChI=1S/C12H16N4O2.ClH/c1-9-7-13-4-5-16(9)8-11-14-12(15-18-11)10-3-2-6-17-10;/h2-3,6,9,13H,4-5,7-8H2,1H3;1H. The summed E-state index contributed by atoms with van der Waals surface area (Å²) in [7, 11) is 0. The van der Waals surface area contributed by atoms with Crippen molar-refractivity contribution >= 4 is 12.4 Å². The second kappa shape index (κ2) is 6.18. The molecule has 1 N–H and O–H groups in total. The van der Waals surface area contributed by atoms with Gasteiger partial charge >= 0.3 is 0 Å². The first-order valence-corrected chi connectivity index (χ1v) is 6.14. The van der Waals surface area contributed by atoms with Crippen molar-refractivity contribution < 1.29 is 8.94 Å². The summed E-state index contributed by atoms with van der Waals surface area (Å²) >= 11 is 0. The summed E-state index contributed by atoms with van der Waals surface area (Å²) in [6, 6.07) is 4.11. The van der Waals surface area contributed by atoms with E-state index in [2.05, 4.69) is 27.3 Å². The van der Waals surface area contributed by atoms with E-state index in [0.717, 1.165) is 19.6 Å². The van der Waals surface area contributed by atoms with Gasteiger partial charge in [-0.25, -0.2) is 0 Å². The predicted octanol–water partition coefficient (Wildman–Crippen LogP) is 1.55. The van der Waals surface area contributed by atoms with E-state index in [9.17, 15) is 0 Å². The molecule has 0 spiro atoms. The summed E-state index contributed by atoms with van der Waals surface area (Å²) in [6.07, 6.45) is 1.60. The lowest BCUT2D eigenvalue weighted by Crippen LogP contribution is -2.49. The first-order chi connectivity index (χ1) is 8.83. The van der Waals surface area contributed by atoms with Gasteiger partial charge in [0.1, 0.15) is 0 Å². The van der Waals surface area contributed by atoms with Gasteiger partial charge in [0.2, 0.25) is 11.7 Å². The highest BCUT2D eigenvalue weighted by molar-refractivity contribution is 5.85. The fraction of sp³-hybridized carbons (Fsp3) is 0.500. The molecule has 0 saturated carbocycles. The fourth-order valence-electron chi connectivity index (χ4n) is 2.12. The highest BCUT2D eigenvalue weighted by atomic mass is 35.5. The van der Waals surface area contributed by atoms with Gasteiger partial charge in [0.15, 0.2) is 5.76 Å². The highest BCUT2D eigenvalue weighted by Crippen LogP contribution is 2.17. The van der Waals surface area contributed by atoms with Crippen LogP contribution in [0.5, 0.6) is 0 Å². The topological polar surface area (TPSA) is 67.3 Å². The summed E-state index contributed by atoms with van der Waals surface area (Å²) in [5.41, 5.74) is 0. The fourth-order valence-corrected chi connectivity index (χ4v) is 2.12. The second-order valence-corrected chi connectivity index (χ2v) is 4.51. The number of hydrogen-bond donors (Lipinski definition) is 1. The van der Waals surface area contributed by atoms with Crippen LogP contribution in [0.2, 0.25) is 0 Å². The molecule has 3 rings (SSSR count). The maximum absolute atomic E-state index is 5.26. The zero-order chi connectivity index (χ0) is 12.4. The van der Waals surface area contributed by atoms with E-state index in [0.29, 0.717) is 30.1 Å². The second-order valence-electron chi connectivity index (χ2n) is 4.51. The number of piperazine rings is 1. The van der Waals surface area contributed by atoms with E-state index in [1.54, 1.807) is 6.26 Å². The van der Waals surface area contributed by atoms with E-state index >= 15 is 0 Å². The Labute approximate surface area is 117 Å². The van der Waals surface area contributed by atoms with E-state index in [-0.39, 0.29) is 12.4 Å². The van der Waals surface area contributed by atoms with Crippen LogP contribution in [0, 0.1) is 0 Å². The van der Waals surface area contributed by atoms with Crippen LogP contribution in [0.3, 0.4) is 0 Å². The zero-order valence-corrected chi connectivity index (χ0v) is 11.5.